The van der Waals surface area contributed by atoms with Crippen LogP contribution in [0, 0.1) is 5.82 Å². The Balaban J connectivity index is 2.10. The van der Waals surface area contributed by atoms with Gasteiger partial charge in [0.2, 0.25) is 0 Å². The molecule has 1 unspecified atom stereocenters. The van der Waals surface area contributed by atoms with Crippen molar-refractivity contribution in [3.63, 3.8) is 0 Å². The molecule has 1 saturated heterocycles. The Morgan fingerprint density at radius 1 is 1.32 bits per heavy atom. The number of halogens is 1. The van der Waals surface area contributed by atoms with Crippen LogP contribution in [0.4, 0.5) is 10.1 Å². The van der Waals surface area contributed by atoms with E-state index in [2.05, 4.69) is 23.6 Å². The first-order chi connectivity index (χ1) is 9.17. The van der Waals surface area contributed by atoms with Crippen LogP contribution in [0.1, 0.15) is 25.8 Å². The second-order valence-corrected chi connectivity index (χ2v) is 5.13. The predicted octanol–water partition coefficient (Wildman–Crippen LogP) is 2.20. The number of benzene rings is 1. The van der Waals surface area contributed by atoms with Crippen molar-refractivity contribution in [2.24, 2.45) is 5.73 Å². The summed E-state index contributed by atoms with van der Waals surface area (Å²) in [4.78, 5) is 4.74. The predicted molar refractivity (Wildman–Crippen MR) is 77.8 cm³/mol. The van der Waals surface area contributed by atoms with E-state index in [0.717, 1.165) is 43.9 Å². The number of hydrogen-bond donors (Lipinski definition) is 1. The van der Waals surface area contributed by atoms with Crippen LogP contribution in [0.25, 0.3) is 0 Å². The van der Waals surface area contributed by atoms with Gasteiger partial charge in [0, 0.05) is 31.4 Å². The minimum atomic E-state index is -0.191. The highest BCUT2D eigenvalue weighted by atomic mass is 19.1. The zero-order valence-corrected chi connectivity index (χ0v) is 11.9. The molecule has 106 valence electrons. The van der Waals surface area contributed by atoms with Gasteiger partial charge in [-0.25, -0.2) is 4.39 Å². The average molecular weight is 265 g/mol. The molecule has 4 heteroatoms. The quantitative estimate of drug-likeness (QED) is 0.886. The maximum Gasteiger partial charge on any atom is 0.125 e. The van der Waals surface area contributed by atoms with Gasteiger partial charge >= 0.3 is 0 Å². The van der Waals surface area contributed by atoms with Crippen LogP contribution < -0.4 is 10.6 Å². The van der Waals surface area contributed by atoms with Gasteiger partial charge in [-0.05, 0) is 43.3 Å². The molecule has 2 N–H and O–H groups in total. The summed E-state index contributed by atoms with van der Waals surface area (Å²) in [6, 6.07) is 5.72. The average Bonchev–Trinajstić information content (AvgIpc) is 2.89. The maximum atomic E-state index is 13.6. The van der Waals surface area contributed by atoms with E-state index in [1.54, 1.807) is 6.07 Å². The molecule has 1 aromatic rings. The first kappa shape index (κ1) is 14.3. The molecule has 0 spiro atoms. The van der Waals surface area contributed by atoms with Gasteiger partial charge in [0.15, 0.2) is 0 Å². The molecule has 2 rings (SSSR count). The van der Waals surface area contributed by atoms with Crippen molar-refractivity contribution >= 4 is 5.69 Å². The Morgan fingerprint density at radius 2 is 2.05 bits per heavy atom. The number of nitrogens with two attached hydrogens (primary N) is 1. The summed E-state index contributed by atoms with van der Waals surface area (Å²) in [6.45, 7) is 8.90. The number of rotatable bonds is 5. The number of anilines is 1. The molecule has 1 aliphatic rings. The van der Waals surface area contributed by atoms with E-state index in [1.165, 1.54) is 6.07 Å². The molecular formula is C15H24FN3. The minimum Gasteiger partial charge on any atom is -0.370 e. The summed E-state index contributed by atoms with van der Waals surface area (Å²) in [7, 11) is 0. The summed E-state index contributed by atoms with van der Waals surface area (Å²) in [5.74, 6) is -0.191. The van der Waals surface area contributed by atoms with E-state index < -0.39 is 0 Å². The van der Waals surface area contributed by atoms with Crippen LogP contribution in [0.3, 0.4) is 0 Å². The topological polar surface area (TPSA) is 32.5 Å². The van der Waals surface area contributed by atoms with E-state index in [9.17, 15) is 4.39 Å². The SMILES string of the molecule is CCN(CC)C1CCN(c2cc(F)cc(CN)c2)C1. The van der Waals surface area contributed by atoms with Crippen LogP contribution in [0.15, 0.2) is 18.2 Å². The van der Waals surface area contributed by atoms with Crippen molar-refractivity contribution in [1.29, 1.82) is 0 Å². The van der Waals surface area contributed by atoms with Gasteiger partial charge in [-0.1, -0.05) is 13.8 Å². The van der Waals surface area contributed by atoms with Gasteiger partial charge in [-0.2, -0.15) is 0 Å². The lowest BCUT2D eigenvalue weighted by Gasteiger charge is -2.26. The summed E-state index contributed by atoms with van der Waals surface area (Å²) in [5, 5.41) is 0. The van der Waals surface area contributed by atoms with Gasteiger partial charge in [-0.15, -0.1) is 0 Å². The molecule has 19 heavy (non-hydrogen) atoms. The smallest absolute Gasteiger partial charge is 0.125 e. The number of likely N-dealkylation sites (N-methyl/N-ethyl adjacent to an activating group) is 1. The highest BCUT2D eigenvalue weighted by Gasteiger charge is 2.26. The normalized spacial score (nSPS) is 19.4. The Labute approximate surface area is 115 Å². The third-order valence-corrected chi connectivity index (χ3v) is 4.04. The Morgan fingerprint density at radius 3 is 2.68 bits per heavy atom. The fraction of sp³-hybridized carbons (Fsp3) is 0.600. The summed E-state index contributed by atoms with van der Waals surface area (Å²) < 4.78 is 13.6. The molecule has 0 radical (unpaired) electrons. The van der Waals surface area contributed by atoms with Crippen LogP contribution in [0.2, 0.25) is 0 Å². The van der Waals surface area contributed by atoms with Crippen molar-refractivity contribution < 1.29 is 4.39 Å². The molecule has 0 amide bonds. The molecule has 1 aromatic carbocycles. The highest BCUT2D eigenvalue weighted by molar-refractivity contribution is 5.50. The first-order valence-electron chi connectivity index (χ1n) is 7.16. The van der Waals surface area contributed by atoms with E-state index >= 15 is 0 Å². The molecule has 0 aromatic heterocycles. The minimum absolute atomic E-state index is 0.191. The lowest BCUT2D eigenvalue weighted by molar-refractivity contribution is 0.232. The summed E-state index contributed by atoms with van der Waals surface area (Å²) in [5.41, 5.74) is 7.44. The second-order valence-electron chi connectivity index (χ2n) is 5.13. The van der Waals surface area contributed by atoms with Gasteiger partial charge in [0.1, 0.15) is 5.82 Å². The summed E-state index contributed by atoms with van der Waals surface area (Å²) in [6.07, 6.45) is 1.15. The fourth-order valence-electron chi connectivity index (χ4n) is 2.95. The van der Waals surface area contributed by atoms with Crippen LogP contribution in [0.5, 0.6) is 0 Å². The molecule has 1 fully saturated rings. The van der Waals surface area contributed by atoms with Gasteiger partial charge < -0.3 is 10.6 Å². The fourth-order valence-corrected chi connectivity index (χ4v) is 2.95. The number of hydrogen-bond acceptors (Lipinski definition) is 3. The van der Waals surface area contributed by atoms with Crippen molar-refractivity contribution in [3.05, 3.63) is 29.6 Å². The van der Waals surface area contributed by atoms with E-state index in [1.807, 2.05) is 6.07 Å². The molecule has 1 atom stereocenters. The number of nitrogens with zero attached hydrogens (tertiary/aromatic N) is 2. The maximum absolute atomic E-state index is 13.6. The standard InChI is InChI=1S/C15H24FN3/c1-3-18(4-2)14-5-6-19(11-14)15-8-12(10-17)7-13(16)9-15/h7-9,14H,3-6,10-11,17H2,1-2H3. The molecule has 0 saturated carbocycles. The first-order valence-corrected chi connectivity index (χ1v) is 7.16. The van der Waals surface area contributed by atoms with Gasteiger partial charge in [0.05, 0.1) is 0 Å². The third-order valence-electron chi connectivity index (χ3n) is 4.04. The van der Waals surface area contributed by atoms with Crippen molar-refractivity contribution in [1.82, 2.24) is 4.90 Å². The van der Waals surface area contributed by atoms with E-state index in [0.29, 0.717) is 12.6 Å². The lowest BCUT2D eigenvalue weighted by Crippen LogP contribution is -2.37. The summed E-state index contributed by atoms with van der Waals surface area (Å²) >= 11 is 0. The molecule has 0 bridgehead atoms. The largest absolute Gasteiger partial charge is 0.370 e. The van der Waals surface area contributed by atoms with Crippen molar-refractivity contribution in [3.8, 4) is 0 Å². The highest BCUT2D eigenvalue weighted by Crippen LogP contribution is 2.25. The zero-order chi connectivity index (χ0) is 13.8. The van der Waals surface area contributed by atoms with E-state index in [4.69, 9.17) is 5.73 Å². The Hall–Kier alpha value is -1.13. The van der Waals surface area contributed by atoms with E-state index in [-0.39, 0.29) is 5.82 Å². The van der Waals surface area contributed by atoms with Gasteiger partial charge in [-0.3, -0.25) is 4.90 Å². The third kappa shape index (κ3) is 3.25. The van der Waals surface area contributed by atoms with Crippen molar-refractivity contribution in [2.45, 2.75) is 32.9 Å². The van der Waals surface area contributed by atoms with Crippen molar-refractivity contribution in [2.75, 3.05) is 31.1 Å². The van der Waals surface area contributed by atoms with Crippen LogP contribution in [-0.4, -0.2) is 37.1 Å². The Kier molecular flexibility index (Phi) is 4.77. The molecule has 3 nitrogen and oxygen atoms in total. The molecule has 1 heterocycles. The molecule has 1 aliphatic heterocycles. The Bertz CT molecular complexity index is 418. The van der Waals surface area contributed by atoms with Gasteiger partial charge in [0.25, 0.3) is 0 Å². The van der Waals surface area contributed by atoms with Crippen LogP contribution >= 0.6 is 0 Å². The monoisotopic (exact) mass is 265 g/mol. The second kappa shape index (κ2) is 6.35. The molecular weight excluding hydrogens is 241 g/mol. The van der Waals surface area contributed by atoms with Crippen LogP contribution in [-0.2, 0) is 6.54 Å². The zero-order valence-electron chi connectivity index (χ0n) is 11.9. The lowest BCUT2D eigenvalue weighted by atomic mass is 10.2. The molecule has 0 aliphatic carbocycles.